The molecule has 2 heterocycles. The van der Waals surface area contributed by atoms with Crippen LogP contribution in [0.15, 0.2) is 53.5 Å². The second-order valence-corrected chi connectivity index (χ2v) is 9.47. The zero-order valence-electron chi connectivity index (χ0n) is 18.4. The Labute approximate surface area is 206 Å². The maximum Gasteiger partial charge on any atom is 0.488 e. The number of anilines is 1. The molecular formula is C23H22B2ClNO8. The highest BCUT2D eigenvalue weighted by atomic mass is 35.5. The second kappa shape index (κ2) is 9.09. The highest BCUT2D eigenvalue weighted by molar-refractivity contribution is 6.58. The molecule has 9 nitrogen and oxygen atoms in total. The van der Waals surface area contributed by atoms with Crippen molar-refractivity contribution < 1.29 is 39.5 Å². The molecule has 2 aromatic carbocycles. The number of aromatic hydroxyl groups is 1. The molecule has 4 atom stereocenters. The van der Waals surface area contributed by atoms with Crippen LogP contribution in [0.4, 0.5) is 5.69 Å². The molecule has 3 aliphatic rings. The molecular weight excluding hydrogens is 475 g/mol. The van der Waals surface area contributed by atoms with Gasteiger partial charge in [-0.2, -0.15) is 0 Å². The van der Waals surface area contributed by atoms with E-state index >= 15 is 0 Å². The smallest absolute Gasteiger partial charge is 0.488 e. The maximum atomic E-state index is 13.7. The van der Waals surface area contributed by atoms with E-state index in [9.17, 15) is 34.9 Å². The van der Waals surface area contributed by atoms with Gasteiger partial charge in [0, 0.05) is 5.02 Å². The van der Waals surface area contributed by atoms with Crippen LogP contribution in [0.3, 0.4) is 0 Å². The number of hydrogen-bond donors (Lipinski definition) is 5. The number of hydrogen-bond acceptors (Lipinski definition) is 8. The number of aliphatic hydroxyl groups is 1. The molecule has 2 saturated heterocycles. The molecule has 0 bridgehead atoms. The lowest BCUT2D eigenvalue weighted by molar-refractivity contribution is -0.123. The third kappa shape index (κ3) is 3.98. The van der Waals surface area contributed by atoms with Crippen LogP contribution in [-0.2, 0) is 14.2 Å². The van der Waals surface area contributed by atoms with Gasteiger partial charge in [0.15, 0.2) is 0 Å². The Balaban J connectivity index is 1.54. The van der Waals surface area contributed by atoms with E-state index in [4.69, 9.17) is 16.3 Å². The predicted octanol–water partition coefficient (Wildman–Crippen LogP) is 0.321. The van der Waals surface area contributed by atoms with Crippen LogP contribution in [0.1, 0.15) is 24.5 Å². The average molecular weight is 498 g/mol. The van der Waals surface area contributed by atoms with Gasteiger partial charge in [-0.05, 0) is 65.1 Å². The monoisotopic (exact) mass is 497 g/mol. The molecule has 12 heteroatoms. The first-order chi connectivity index (χ1) is 16.7. The van der Waals surface area contributed by atoms with Gasteiger partial charge in [-0.25, -0.2) is 0 Å². The fourth-order valence-corrected chi connectivity index (χ4v) is 5.91. The molecule has 5 rings (SSSR count). The van der Waals surface area contributed by atoms with Gasteiger partial charge in [0.2, 0.25) is 11.8 Å². The fraction of sp³-hybridized carbons (Fsp3) is 0.304. The van der Waals surface area contributed by atoms with Crippen LogP contribution in [0.2, 0.25) is 5.02 Å². The van der Waals surface area contributed by atoms with E-state index in [0.717, 1.165) is 4.90 Å². The quantitative estimate of drug-likeness (QED) is 0.300. The number of nitrogens with zero attached hydrogens (tertiary/aromatic N) is 1. The first-order valence-electron chi connectivity index (χ1n) is 11.2. The summed E-state index contributed by atoms with van der Waals surface area (Å²) in [6.45, 7) is -0.395. The van der Waals surface area contributed by atoms with Gasteiger partial charge < -0.3 is 29.9 Å². The minimum Gasteiger partial charge on any atom is -0.508 e. The number of halogens is 1. The summed E-state index contributed by atoms with van der Waals surface area (Å²) in [5.74, 6) is -3.08. The Bertz CT molecular complexity index is 1240. The van der Waals surface area contributed by atoms with Crippen LogP contribution in [0.5, 0.6) is 5.75 Å². The first kappa shape index (κ1) is 24.1. The van der Waals surface area contributed by atoms with Crippen LogP contribution in [0, 0.1) is 17.8 Å². The number of fused-ring (bicyclic) bond motifs is 3. The number of carbonyl (C=O) groups is 2. The zero-order valence-corrected chi connectivity index (χ0v) is 19.2. The van der Waals surface area contributed by atoms with Gasteiger partial charge in [-0.3, -0.25) is 14.5 Å². The normalized spacial score (nSPS) is 26.2. The summed E-state index contributed by atoms with van der Waals surface area (Å²) in [6, 6.07) is 10.3. The molecule has 5 N–H and O–H groups in total. The summed E-state index contributed by atoms with van der Waals surface area (Å²) in [5.41, 5.74) is 1.74. The van der Waals surface area contributed by atoms with Crippen molar-refractivity contribution >= 4 is 48.8 Å². The van der Waals surface area contributed by atoms with E-state index in [-0.39, 0.29) is 34.8 Å². The first-order valence-corrected chi connectivity index (χ1v) is 11.6. The van der Waals surface area contributed by atoms with Gasteiger partial charge in [0.25, 0.3) is 0 Å². The van der Waals surface area contributed by atoms with Gasteiger partial charge in [0.1, 0.15) is 5.75 Å². The molecule has 35 heavy (non-hydrogen) atoms. The van der Waals surface area contributed by atoms with E-state index in [0.29, 0.717) is 16.6 Å². The molecule has 0 saturated carbocycles. The van der Waals surface area contributed by atoms with E-state index in [2.05, 4.69) is 0 Å². The van der Waals surface area contributed by atoms with Gasteiger partial charge >= 0.3 is 14.2 Å². The number of benzene rings is 2. The lowest BCUT2D eigenvalue weighted by Crippen LogP contribution is -2.45. The summed E-state index contributed by atoms with van der Waals surface area (Å²) >= 11 is 6.30. The molecule has 2 aliphatic heterocycles. The Morgan fingerprint density at radius 2 is 1.89 bits per heavy atom. The van der Waals surface area contributed by atoms with E-state index < -0.39 is 56.5 Å². The number of phenols is 1. The fourth-order valence-electron chi connectivity index (χ4n) is 5.61. The average Bonchev–Trinajstić information content (AvgIpc) is 3.08. The highest BCUT2D eigenvalue weighted by Crippen LogP contribution is 2.52. The van der Waals surface area contributed by atoms with Gasteiger partial charge in [-0.15, -0.1) is 0 Å². The summed E-state index contributed by atoms with van der Waals surface area (Å²) in [5, 5.41) is 49.9. The van der Waals surface area contributed by atoms with Crippen molar-refractivity contribution in [3.8, 4) is 5.75 Å². The third-order valence-electron chi connectivity index (χ3n) is 7.16. The SMILES string of the molecule is O=C1[C@H]2[C@H](CC(CO)=C3B(O)O[C@H](c4ccc(O)cc4Cl)C[C@H]32)C(=O)N1c1cccc(B(O)O)c1. The van der Waals surface area contributed by atoms with Crippen molar-refractivity contribution in [3.63, 3.8) is 0 Å². The molecule has 2 aromatic rings. The number of allylic oxidation sites excluding steroid dienone is 1. The molecule has 2 fully saturated rings. The zero-order chi connectivity index (χ0) is 25.0. The van der Waals surface area contributed by atoms with Gasteiger partial charge in [0.05, 0.1) is 30.2 Å². The minimum absolute atomic E-state index is 0.0292. The summed E-state index contributed by atoms with van der Waals surface area (Å²) < 4.78 is 5.81. The molecule has 180 valence electrons. The lowest BCUT2D eigenvalue weighted by atomic mass is 9.55. The Hall–Kier alpha value is -2.66. The molecule has 2 amide bonds. The van der Waals surface area contributed by atoms with Crippen LogP contribution in [0.25, 0.3) is 0 Å². The van der Waals surface area contributed by atoms with Crippen molar-refractivity contribution in [2.45, 2.75) is 18.9 Å². The third-order valence-corrected chi connectivity index (χ3v) is 7.49. The Morgan fingerprint density at radius 1 is 1.11 bits per heavy atom. The van der Waals surface area contributed by atoms with E-state index in [1.165, 1.54) is 36.4 Å². The maximum absolute atomic E-state index is 13.7. The number of amides is 2. The molecule has 0 radical (unpaired) electrons. The summed E-state index contributed by atoms with van der Waals surface area (Å²) in [6.07, 6.45) is -0.388. The Kier molecular flexibility index (Phi) is 6.25. The number of imide groups is 1. The number of aliphatic hydroxyl groups excluding tert-OH is 1. The summed E-state index contributed by atoms with van der Waals surface area (Å²) in [4.78, 5) is 28.1. The van der Waals surface area contributed by atoms with Crippen molar-refractivity contribution in [2.24, 2.45) is 17.8 Å². The minimum atomic E-state index is -1.76. The van der Waals surface area contributed by atoms with Crippen LogP contribution < -0.4 is 10.4 Å². The van der Waals surface area contributed by atoms with Crippen LogP contribution in [-0.4, -0.2) is 57.9 Å². The molecule has 1 aliphatic carbocycles. The lowest BCUT2D eigenvalue weighted by Gasteiger charge is -2.42. The topological polar surface area (TPSA) is 148 Å². The Morgan fingerprint density at radius 3 is 2.57 bits per heavy atom. The van der Waals surface area contributed by atoms with Gasteiger partial charge in [-0.1, -0.05) is 29.8 Å². The molecule has 0 spiro atoms. The van der Waals surface area contributed by atoms with Crippen molar-refractivity contribution in [1.29, 1.82) is 0 Å². The van der Waals surface area contributed by atoms with Crippen LogP contribution >= 0.6 is 11.6 Å². The number of carbonyl (C=O) groups excluding carboxylic acids is 2. The van der Waals surface area contributed by atoms with E-state index in [1.54, 1.807) is 6.07 Å². The number of phenolic OH excluding ortho intramolecular Hbond substituents is 1. The number of rotatable bonds is 4. The predicted molar refractivity (Wildman–Crippen MR) is 127 cm³/mol. The highest BCUT2D eigenvalue weighted by Gasteiger charge is 2.58. The van der Waals surface area contributed by atoms with Crippen molar-refractivity contribution in [3.05, 3.63) is 64.1 Å². The second-order valence-electron chi connectivity index (χ2n) is 9.06. The van der Waals surface area contributed by atoms with E-state index in [1.807, 2.05) is 0 Å². The summed E-state index contributed by atoms with van der Waals surface area (Å²) in [7, 11) is -3.17. The molecule has 0 aromatic heterocycles. The van der Waals surface area contributed by atoms with Crippen molar-refractivity contribution in [2.75, 3.05) is 11.5 Å². The standard InChI is InChI=1S/C23H22B2ClNO8/c26-18-8-14(29)4-5-15(18)19-9-16-20-17(6-11(10-28)21(16)25(34)35-19)22(30)27(23(20)31)13-3-1-2-12(7-13)24(32)33/h1-5,7-8,16-17,19-20,28-29,32-34H,6,9-10H2/t16-,17-,19-,20+/m0/s1. The van der Waals surface area contributed by atoms with Crippen molar-refractivity contribution in [1.82, 2.24) is 0 Å². The molecule has 0 unspecified atom stereocenters. The largest absolute Gasteiger partial charge is 0.508 e.